The third-order valence-electron chi connectivity index (χ3n) is 4.74. The maximum Gasteiger partial charge on any atom is 0.122 e. The fourth-order valence-electron chi connectivity index (χ4n) is 3.37. The van der Waals surface area contributed by atoms with Gasteiger partial charge in [0.2, 0.25) is 0 Å². The molecule has 3 nitrogen and oxygen atoms in total. The average Bonchev–Trinajstić information content (AvgIpc) is 2.48. The predicted molar refractivity (Wildman–Crippen MR) is 89.0 cm³/mol. The standard InChI is InChI=1S/C18H30N2O/c1-14(13-17-7-5-6-8-18(17)21-4)19-15(2)16-9-11-20(3)12-10-16/h5-8,14-16,19H,9-13H2,1-4H3. The summed E-state index contributed by atoms with van der Waals surface area (Å²) in [5.74, 6) is 1.81. The van der Waals surface area contributed by atoms with Gasteiger partial charge in [0.15, 0.2) is 0 Å². The molecular formula is C18H30N2O. The first kappa shape index (κ1) is 16.3. The van der Waals surface area contributed by atoms with Crippen LogP contribution in [-0.2, 0) is 6.42 Å². The molecule has 1 fully saturated rings. The number of hydrogen-bond acceptors (Lipinski definition) is 3. The van der Waals surface area contributed by atoms with E-state index in [9.17, 15) is 0 Å². The molecule has 2 rings (SSSR count). The third-order valence-corrected chi connectivity index (χ3v) is 4.74. The Labute approximate surface area is 129 Å². The van der Waals surface area contributed by atoms with E-state index in [1.807, 2.05) is 12.1 Å². The monoisotopic (exact) mass is 290 g/mol. The van der Waals surface area contributed by atoms with Crippen LogP contribution in [0.25, 0.3) is 0 Å². The van der Waals surface area contributed by atoms with E-state index in [2.05, 4.69) is 43.2 Å². The second-order valence-electron chi connectivity index (χ2n) is 6.51. The Balaban J connectivity index is 1.85. The highest BCUT2D eigenvalue weighted by Crippen LogP contribution is 2.22. The van der Waals surface area contributed by atoms with Crippen molar-refractivity contribution in [3.05, 3.63) is 29.8 Å². The molecule has 1 aromatic rings. The lowest BCUT2D eigenvalue weighted by atomic mass is 9.90. The van der Waals surface area contributed by atoms with E-state index in [1.165, 1.54) is 31.5 Å². The molecule has 0 spiro atoms. The van der Waals surface area contributed by atoms with Crippen molar-refractivity contribution < 1.29 is 4.74 Å². The van der Waals surface area contributed by atoms with E-state index in [0.29, 0.717) is 12.1 Å². The molecule has 0 aromatic heterocycles. The Morgan fingerprint density at radius 2 is 1.90 bits per heavy atom. The van der Waals surface area contributed by atoms with Crippen molar-refractivity contribution in [2.75, 3.05) is 27.2 Å². The number of hydrogen-bond donors (Lipinski definition) is 1. The third kappa shape index (κ3) is 4.72. The van der Waals surface area contributed by atoms with Crippen molar-refractivity contribution in [2.45, 2.75) is 45.2 Å². The van der Waals surface area contributed by atoms with Gasteiger partial charge in [-0.2, -0.15) is 0 Å². The Bertz CT molecular complexity index is 427. The maximum atomic E-state index is 5.45. The van der Waals surface area contributed by atoms with Gasteiger partial charge in [-0.15, -0.1) is 0 Å². The van der Waals surface area contributed by atoms with Crippen LogP contribution in [0.15, 0.2) is 24.3 Å². The van der Waals surface area contributed by atoms with Gasteiger partial charge in [0.1, 0.15) is 5.75 Å². The van der Waals surface area contributed by atoms with Gasteiger partial charge in [0.25, 0.3) is 0 Å². The average molecular weight is 290 g/mol. The van der Waals surface area contributed by atoms with Crippen molar-refractivity contribution in [3.8, 4) is 5.75 Å². The number of benzene rings is 1. The summed E-state index contributed by atoms with van der Waals surface area (Å²) in [5, 5.41) is 3.79. The molecule has 1 aliphatic rings. The highest BCUT2D eigenvalue weighted by Gasteiger charge is 2.23. The van der Waals surface area contributed by atoms with E-state index in [1.54, 1.807) is 7.11 Å². The lowest BCUT2D eigenvalue weighted by molar-refractivity contribution is 0.185. The molecule has 1 heterocycles. The van der Waals surface area contributed by atoms with Crippen LogP contribution in [0.5, 0.6) is 5.75 Å². The number of nitrogens with zero attached hydrogens (tertiary/aromatic N) is 1. The molecule has 0 saturated carbocycles. The Morgan fingerprint density at radius 3 is 2.57 bits per heavy atom. The molecule has 0 radical (unpaired) electrons. The molecule has 3 heteroatoms. The predicted octanol–water partition coefficient (Wildman–Crippen LogP) is 2.95. The van der Waals surface area contributed by atoms with Crippen molar-refractivity contribution in [1.82, 2.24) is 10.2 Å². The summed E-state index contributed by atoms with van der Waals surface area (Å²) >= 11 is 0. The fraction of sp³-hybridized carbons (Fsp3) is 0.667. The highest BCUT2D eigenvalue weighted by molar-refractivity contribution is 5.33. The van der Waals surface area contributed by atoms with Gasteiger partial charge >= 0.3 is 0 Å². The van der Waals surface area contributed by atoms with Crippen LogP contribution in [-0.4, -0.2) is 44.2 Å². The SMILES string of the molecule is COc1ccccc1CC(C)NC(C)C1CCN(C)CC1. The van der Waals surface area contributed by atoms with Crippen LogP contribution in [0, 0.1) is 5.92 Å². The largest absolute Gasteiger partial charge is 0.496 e. The van der Waals surface area contributed by atoms with Gasteiger partial charge in [0.05, 0.1) is 7.11 Å². The minimum absolute atomic E-state index is 0.468. The Morgan fingerprint density at radius 1 is 1.24 bits per heavy atom. The van der Waals surface area contributed by atoms with Crippen molar-refractivity contribution >= 4 is 0 Å². The summed E-state index contributed by atoms with van der Waals surface area (Å²) in [6.45, 7) is 7.09. The van der Waals surface area contributed by atoms with Gasteiger partial charge in [-0.25, -0.2) is 0 Å². The van der Waals surface area contributed by atoms with Gasteiger partial charge < -0.3 is 15.0 Å². The molecule has 1 aliphatic heterocycles. The number of piperidine rings is 1. The number of methoxy groups -OCH3 is 1. The molecule has 0 aliphatic carbocycles. The number of likely N-dealkylation sites (tertiary alicyclic amines) is 1. The minimum Gasteiger partial charge on any atom is -0.496 e. The molecule has 2 atom stereocenters. The first-order valence-electron chi connectivity index (χ1n) is 8.16. The molecule has 21 heavy (non-hydrogen) atoms. The van der Waals surface area contributed by atoms with Crippen molar-refractivity contribution in [3.63, 3.8) is 0 Å². The molecule has 2 unspecified atom stereocenters. The quantitative estimate of drug-likeness (QED) is 0.872. The normalized spacial score (nSPS) is 20.2. The molecule has 118 valence electrons. The molecular weight excluding hydrogens is 260 g/mol. The lowest BCUT2D eigenvalue weighted by Crippen LogP contribution is -2.44. The van der Waals surface area contributed by atoms with Crippen LogP contribution in [0.2, 0.25) is 0 Å². The van der Waals surface area contributed by atoms with Crippen LogP contribution in [0.3, 0.4) is 0 Å². The summed E-state index contributed by atoms with van der Waals surface area (Å²) in [6, 6.07) is 9.38. The highest BCUT2D eigenvalue weighted by atomic mass is 16.5. The van der Waals surface area contributed by atoms with Gasteiger partial charge in [0, 0.05) is 12.1 Å². The van der Waals surface area contributed by atoms with Gasteiger partial charge in [-0.3, -0.25) is 0 Å². The summed E-state index contributed by atoms with van der Waals surface area (Å²) in [4.78, 5) is 2.43. The molecule has 1 aromatic carbocycles. The maximum absolute atomic E-state index is 5.45. The van der Waals surface area contributed by atoms with Gasteiger partial charge in [-0.05, 0) is 70.8 Å². The zero-order chi connectivity index (χ0) is 15.2. The van der Waals surface area contributed by atoms with E-state index in [4.69, 9.17) is 4.74 Å². The van der Waals surface area contributed by atoms with Crippen LogP contribution in [0.4, 0.5) is 0 Å². The van der Waals surface area contributed by atoms with Gasteiger partial charge in [-0.1, -0.05) is 18.2 Å². The van der Waals surface area contributed by atoms with Crippen LogP contribution in [0.1, 0.15) is 32.3 Å². The van der Waals surface area contributed by atoms with Crippen LogP contribution < -0.4 is 10.1 Å². The molecule has 1 N–H and O–H groups in total. The topological polar surface area (TPSA) is 24.5 Å². The zero-order valence-electron chi connectivity index (χ0n) is 13.9. The smallest absolute Gasteiger partial charge is 0.122 e. The van der Waals surface area contributed by atoms with E-state index < -0.39 is 0 Å². The Kier molecular flexibility index (Phi) is 6.07. The summed E-state index contributed by atoms with van der Waals surface area (Å²) in [6.07, 6.45) is 3.64. The number of rotatable bonds is 6. The summed E-state index contributed by atoms with van der Waals surface area (Å²) < 4.78 is 5.45. The molecule has 0 amide bonds. The van der Waals surface area contributed by atoms with E-state index >= 15 is 0 Å². The summed E-state index contributed by atoms with van der Waals surface area (Å²) in [7, 11) is 3.97. The lowest BCUT2D eigenvalue weighted by Gasteiger charge is -2.34. The second-order valence-corrected chi connectivity index (χ2v) is 6.51. The first-order chi connectivity index (χ1) is 10.1. The van der Waals surface area contributed by atoms with Crippen LogP contribution >= 0.6 is 0 Å². The second kappa shape index (κ2) is 7.81. The van der Waals surface area contributed by atoms with Crippen molar-refractivity contribution in [1.29, 1.82) is 0 Å². The zero-order valence-corrected chi connectivity index (χ0v) is 13.9. The molecule has 0 bridgehead atoms. The van der Waals surface area contributed by atoms with Crippen molar-refractivity contribution in [2.24, 2.45) is 5.92 Å². The number of ether oxygens (including phenoxy) is 1. The minimum atomic E-state index is 0.468. The number of para-hydroxylation sites is 1. The van der Waals surface area contributed by atoms with E-state index in [-0.39, 0.29) is 0 Å². The number of nitrogens with one attached hydrogen (secondary N) is 1. The fourth-order valence-corrected chi connectivity index (χ4v) is 3.37. The summed E-state index contributed by atoms with van der Waals surface area (Å²) in [5.41, 5.74) is 1.29. The first-order valence-corrected chi connectivity index (χ1v) is 8.16. The van der Waals surface area contributed by atoms with E-state index in [0.717, 1.165) is 18.1 Å². The Hall–Kier alpha value is -1.06. The molecule has 1 saturated heterocycles.